The van der Waals surface area contributed by atoms with Crippen LogP contribution in [0.25, 0.3) is 0 Å². The highest BCUT2D eigenvalue weighted by Gasteiger charge is 2.27. The fraction of sp³-hybridized carbons (Fsp3) is 0.321. The molecule has 3 aromatic carbocycles. The molecule has 2 amide bonds. The van der Waals surface area contributed by atoms with Crippen molar-refractivity contribution in [2.45, 2.75) is 54.0 Å². The second kappa shape index (κ2) is 10.3. The van der Waals surface area contributed by atoms with E-state index in [4.69, 9.17) is 0 Å². The summed E-state index contributed by atoms with van der Waals surface area (Å²) in [6, 6.07) is 22.7. The molecule has 0 fully saturated rings. The van der Waals surface area contributed by atoms with E-state index in [0.29, 0.717) is 6.54 Å². The summed E-state index contributed by atoms with van der Waals surface area (Å²) >= 11 is 0. The molecule has 0 radical (unpaired) electrons. The van der Waals surface area contributed by atoms with Crippen LogP contribution in [0.3, 0.4) is 0 Å². The number of hydrogen-bond donors (Lipinski definition) is 0. The van der Waals surface area contributed by atoms with E-state index < -0.39 is 0 Å². The van der Waals surface area contributed by atoms with E-state index in [9.17, 15) is 4.79 Å². The van der Waals surface area contributed by atoms with Crippen LogP contribution in [0, 0.1) is 27.7 Å². The lowest BCUT2D eigenvalue weighted by Crippen LogP contribution is -2.41. The van der Waals surface area contributed by atoms with E-state index in [1.165, 1.54) is 11.1 Å². The highest BCUT2D eigenvalue weighted by atomic mass is 16.2. The molecule has 31 heavy (non-hydrogen) atoms. The lowest BCUT2D eigenvalue weighted by Gasteiger charge is -2.33. The zero-order valence-corrected chi connectivity index (χ0v) is 19.5. The summed E-state index contributed by atoms with van der Waals surface area (Å²) in [5.74, 6) is 0. The van der Waals surface area contributed by atoms with Gasteiger partial charge in [0, 0.05) is 13.1 Å². The minimum absolute atomic E-state index is 0.0275. The van der Waals surface area contributed by atoms with E-state index in [1.807, 2.05) is 40.1 Å². The molecule has 0 spiro atoms. The summed E-state index contributed by atoms with van der Waals surface area (Å²) < 4.78 is 0. The molecule has 0 saturated heterocycles. The highest BCUT2D eigenvalue weighted by Crippen LogP contribution is 2.34. The molecule has 0 atom stereocenters. The first-order chi connectivity index (χ1) is 14.9. The number of carbonyl (C=O) groups is 1. The maximum atomic E-state index is 14.1. The van der Waals surface area contributed by atoms with Crippen LogP contribution in [-0.4, -0.2) is 17.5 Å². The van der Waals surface area contributed by atoms with Crippen LogP contribution in [0.15, 0.2) is 66.7 Å². The van der Waals surface area contributed by atoms with Gasteiger partial charge in [-0.3, -0.25) is 4.90 Å². The largest absolute Gasteiger partial charge is 0.329 e. The Morgan fingerprint density at radius 1 is 0.742 bits per heavy atom. The number of benzene rings is 3. The third-order valence-corrected chi connectivity index (χ3v) is 6.09. The molecule has 3 nitrogen and oxygen atoms in total. The van der Waals surface area contributed by atoms with Crippen LogP contribution < -0.4 is 4.90 Å². The molecule has 0 aliphatic carbocycles. The van der Waals surface area contributed by atoms with E-state index in [2.05, 4.69) is 71.0 Å². The number of aryl methyl sites for hydroxylation is 2. The normalized spacial score (nSPS) is 10.7. The first-order valence-corrected chi connectivity index (χ1v) is 11.2. The van der Waals surface area contributed by atoms with Gasteiger partial charge < -0.3 is 4.90 Å². The van der Waals surface area contributed by atoms with Crippen LogP contribution in [0.1, 0.15) is 47.6 Å². The standard InChI is InChI=1S/C28H34N2O/c1-6-7-19-29(20-25-15-9-8-10-16-25)28(31)30(26-17-11-13-21(2)23(26)4)27-18-12-14-22(3)24(27)5/h8-18H,6-7,19-20H2,1-5H3. The van der Waals surface area contributed by atoms with E-state index in [0.717, 1.165) is 47.5 Å². The zero-order chi connectivity index (χ0) is 22.4. The third-order valence-electron chi connectivity index (χ3n) is 6.09. The Kier molecular flexibility index (Phi) is 7.51. The van der Waals surface area contributed by atoms with Gasteiger partial charge in [-0.05, 0) is 74.1 Å². The Morgan fingerprint density at radius 3 is 1.81 bits per heavy atom. The van der Waals surface area contributed by atoms with E-state index >= 15 is 0 Å². The molecule has 0 aromatic heterocycles. The molecule has 0 unspecified atom stereocenters. The number of amides is 2. The van der Waals surface area contributed by atoms with Crippen molar-refractivity contribution in [3.8, 4) is 0 Å². The SMILES string of the molecule is CCCCN(Cc1ccccc1)C(=O)N(c1cccc(C)c1C)c1cccc(C)c1C. The monoisotopic (exact) mass is 414 g/mol. The summed E-state index contributed by atoms with van der Waals surface area (Å²) in [4.78, 5) is 18.0. The maximum Gasteiger partial charge on any atom is 0.329 e. The quantitative estimate of drug-likeness (QED) is 0.393. The third kappa shape index (κ3) is 5.16. The minimum atomic E-state index is 0.0275. The van der Waals surface area contributed by atoms with Gasteiger partial charge in [-0.15, -0.1) is 0 Å². The molecule has 0 aliphatic heterocycles. The maximum absolute atomic E-state index is 14.1. The van der Waals surface area contributed by atoms with Crippen molar-refractivity contribution in [2.75, 3.05) is 11.4 Å². The first kappa shape index (κ1) is 22.6. The molecule has 162 valence electrons. The molecule has 0 aliphatic rings. The van der Waals surface area contributed by atoms with Gasteiger partial charge in [0.25, 0.3) is 0 Å². The number of hydrogen-bond acceptors (Lipinski definition) is 1. The van der Waals surface area contributed by atoms with Crippen LogP contribution in [0.5, 0.6) is 0 Å². The molecule has 3 rings (SSSR count). The molecule has 0 N–H and O–H groups in total. The number of carbonyl (C=O) groups excluding carboxylic acids is 1. The van der Waals surface area contributed by atoms with Crippen molar-refractivity contribution in [1.29, 1.82) is 0 Å². The number of urea groups is 1. The second-order valence-corrected chi connectivity index (χ2v) is 8.32. The van der Waals surface area contributed by atoms with Crippen molar-refractivity contribution in [1.82, 2.24) is 4.90 Å². The highest BCUT2D eigenvalue weighted by molar-refractivity contribution is 6.01. The van der Waals surface area contributed by atoms with Gasteiger partial charge in [0.2, 0.25) is 0 Å². The summed E-state index contributed by atoms with van der Waals surface area (Å²) in [6.07, 6.45) is 2.03. The van der Waals surface area contributed by atoms with Crippen LogP contribution in [0.4, 0.5) is 16.2 Å². The minimum Gasteiger partial charge on any atom is -0.320 e. The Labute approximate surface area is 187 Å². The Morgan fingerprint density at radius 2 is 1.29 bits per heavy atom. The van der Waals surface area contributed by atoms with Crippen LogP contribution >= 0.6 is 0 Å². The average Bonchev–Trinajstić information content (AvgIpc) is 2.77. The van der Waals surface area contributed by atoms with Crippen molar-refractivity contribution in [3.63, 3.8) is 0 Å². The average molecular weight is 415 g/mol. The number of nitrogens with zero attached hydrogens (tertiary/aromatic N) is 2. The fourth-order valence-corrected chi connectivity index (χ4v) is 3.83. The van der Waals surface area contributed by atoms with Gasteiger partial charge in [-0.25, -0.2) is 4.79 Å². The first-order valence-electron chi connectivity index (χ1n) is 11.2. The molecular formula is C28H34N2O. The van der Waals surface area contributed by atoms with Crippen molar-refractivity contribution < 1.29 is 4.79 Å². The van der Waals surface area contributed by atoms with Gasteiger partial charge in [-0.2, -0.15) is 0 Å². The second-order valence-electron chi connectivity index (χ2n) is 8.32. The van der Waals surface area contributed by atoms with Crippen molar-refractivity contribution >= 4 is 17.4 Å². The predicted octanol–water partition coefficient (Wildman–Crippen LogP) is 7.48. The molecular weight excluding hydrogens is 380 g/mol. The molecule has 3 heteroatoms. The Bertz CT molecular complexity index is 975. The summed E-state index contributed by atoms with van der Waals surface area (Å²) in [5.41, 5.74) is 7.68. The van der Waals surface area contributed by atoms with E-state index in [1.54, 1.807) is 0 Å². The van der Waals surface area contributed by atoms with Crippen LogP contribution in [-0.2, 0) is 6.54 Å². The molecule has 0 heterocycles. The van der Waals surface area contributed by atoms with E-state index in [-0.39, 0.29) is 6.03 Å². The smallest absolute Gasteiger partial charge is 0.320 e. The Balaban J connectivity index is 2.10. The Hall–Kier alpha value is -3.07. The fourth-order valence-electron chi connectivity index (χ4n) is 3.83. The van der Waals surface area contributed by atoms with Gasteiger partial charge in [0.1, 0.15) is 0 Å². The topological polar surface area (TPSA) is 23.6 Å². The summed E-state index contributed by atoms with van der Waals surface area (Å²) in [5, 5.41) is 0. The van der Waals surface area contributed by atoms with Crippen molar-refractivity contribution in [3.05, 3.63) is 94.5 Å². The van der Waals surface area contributed by atoms with Gasteiger partial charge in [-0.1, -0.05) is 67.9 Å². The lowest BCUT2D eigenvalue weighted by molar-refractivity contribution is 0.203. The van der Waals surface area contributed by atoms with Crippen molar-refractivity contribution in [2.24, 2.45) is 0 Å². The summed E-state index contributed by atoms with van der Waals surface area (Å²) in [7, 11) is 0. The molecule has 3 aromatic rings. The predicted molar refractivity (Wildman–Crippen MR) is 131 cm³/mol. The zero-order valence-electron chi connectivity index (χ0n) is 19.5. The van der Waals surface area contributed by atoms with Gasteiger partial charge in [0.15, 0.2) is 0 Å². The summed E-state index contributed by atoms with van der Waals surface area (Å²) in [6.45, 7) is 11.9. The lowest BCUT2D eigenvalue weighted by atomic mass is 10.0. The molecule has 0 saturated carbocycles. The molecule has 0 bridgehead atoms. The number of anilines is 2. The van der Waals surface area contributed by atoms with Gasteiger partial charge >= 0.3 is 6.03 Å². The number of unbranched alkanes of at least 4 members (excludes halogenated alkanes) is 1. The number of rotatable bonds is 7. The van der Waals surface area contributed by atoms with Gasteiger partial charge in [0.05, 0.1) is 11.4 Å². The van der Waals surface area contributed by atoms with Crippen LogP contribution in [0.2, 0.25) is 0 Å².